The van der Waals surface area contributed by atoms with Crippen molar-refractivity contribution in [3.63, 3.8) is 0 Å². The van der Waals surface area contributed by atoms with E-state index in [9.17, 15) is 4.79 Å². The third kappa shape index (κ3) is 2.87. The molecule has 1 fully saturated rings. The van der Waals surface area contributed by atoms with Crippen LogP contribution in [0.15, 0.2) is 30.3 Å². The molecule has 124 valence electrons. The van der Waals surface area contributed by atoms with Gasteiger partial charge in [0.15, 0.2) is 5.78 Å². The highest BCUT2D eigenvalue weighted by molar-refractivity contribution is 6.30. The molecule has 0 radical (unpaired) electrons. The number of Topliss-reactive ketones (excluding diaryl/α,β-unsaturated/α-hetero) is 1. The standard InChI is InChI=1S/C20H21ClN2O/c1-13(16-4-3-5-16)19-10-18(20(24)11-21)14(2)23(19)17-8-6-15(12-22)7-9-17/h6-10,13,16H,3-5,11H2,1-2H3/t13-/m0/s1. The van der Waals surface area contributed by atoms with Crippen LogP contribution in [0.5, 0.6) is 0 Å². The van der Waals surface area contributed by atoms with Crippen molar-refractivity contribution in [1.29, 1.82) is 5.26 Å². The second-order valence-corrected chi connectivity index (χ2v) is 6.87. The summed E-state index contributed by atoms with van der Waals surface area (Å²) in [6.07, 6.45) is 3.79. The molecule has 0 spiro atoms. The summed E-state index contributed by atoms with van der Waals surface area (Å²) in [7, 11) is 0. The molecule has 1 atom stereocenters. The zero-order valence-electron chi connectivity index (χ0n) is 14.1. The van der Waals surface area contributed by atoms with Crippen molar-refractivity contribution in [2.75, 3.05) is 5.88 Å². The van der Waals surface area contributed by atoms with Gasteiger partial charge in [0, 0.05) is 22.6 Å². The summed E-state index contributed by atoms with van der Waals surface area (Å²) in [5.41, 5.74) is 4.41. The predicted molar refractivity (Wildman–Crippen MR) is 96.0 cm³/mol. The van der Waals surface area contributed by atoms with Crippen molar-refractivity contribution in [2.45, 2.75) is 39.0 Å². The molecule has 3 rings (SSSR count). The number of carbonyl (C=O) groups excluding carboxylic acids is 1. The van der Waals surface area contributed by atoms with E-state index in [1.165, 1.54) is 19.3 Å². The van der Waals surface area contributed by atoms with Gasteiger partial charge in [-0.15, -0.1) is 11.6 Å². The molecule has 0 amide bonds. The van der Waals surface area contributed by atoms with Crippen LogP contribution in [0.2, 0.25) is 0 Å². The van der Waals surface area contributed by atoms with Gasteiger partial charge in [0.2, 0.25) is 0 Å². The van der Waals surface area contributed by atoms with E-state index < -0.39 is 0 Å². The molecule has 1 heterocycles. The van der Waals surface area contributed by atoms with Gasteiger partial charge in [-0.3, -0.25) is 4.79 Å². The maximum Gasteiger partial charge on any atom is 0.179 e. The second-order valence-electron chi connectivity index (χ2n) is 6.60. The summed E-state index contributed by atoms with van der Waals surface area (Å²) in [6, 6.07) is 11.7. The van der Waals surface area contributed by atoms with E-state index in [2.05, 4.69) is 17.6 Å². The lowest BCUT2D eigenvalue weighted by Crippen LogP contribution is -2.20. The summed E-state index contributed by atoms with van der Waals surface area (Å²) < 4.78 is 2.16. The summed E-state index contributed by atoms with van der Waals surface area (Å²) in [6.45, 7) is 4.21. The Kier molecular flexibility index (Phi) is 4.78. The van der Waals surface area contributed by atoms with Crippen LogP contribution in [0.4, 0.5) is 0 Å². The van der Waals surface area contributed by atoms with Crippen LogP contribution in [-0.4, -0.2) is 16.2 Å². The van der Waals surface area contributed by atoms with Gasteiger partial charge in [-0.2, -0.15) is 5.26 Å². The maximum absolute atomic E-state index is 12.2. The number of halogens is 1. The maximum atomic E-state index is 12.2. The van der Waals surface area contributed by atoms with E-state index >= 15 is 0 Å². The van der Waals surface area contributed by atoms with Crippen LogP contribution in [0.25, 0.3) is 5.69 Å². The lowest BCUT2D eigenvalue weighted by Gasteiger charge is -2.32. The molecule has 1 aromatic carbocycles. The van der Waals surface area contributed by atoms with E-state index in [4.69, 9.17) is 16.9 Å². The first-order chi connectivity index (χ1) is 11.6. The molecule has 1 aliphatic carbocycles. The molecule has 2 aromatic rings. The molecule has 24 heavy (non-hydrogen) atoms. The normalized spacial score (nSPS) is 15.6. The molecular formula is C20H21ClN2O. The number of carbonyl (C=O) groups is 1. The fourth-order valence-corrected chi connectivity index (χ4v) is 3.67. The minimum atomic E-state index is -0.0383. The fraction of sp³-hybridized carbons (Fsp3) is 0.400. The average molecular weight is 341 g/mol. The van der Waals surface area contributed by atoms with E-state index in [0.29, 0.717) is 23.0 Å². The van der Waals surface area contributed by atoms with Gasteiger partial charge in [-0.05, 0) is 61.9 Å². The van der Waals surface area contributed by atoms with Gasteiger partial charge in [0.05, 0.1) is 17.5 Å². The Bertz CT molecular complexity index is 794. The number of nitriles is 1. The molecule has 3 nitrogen and oxygen atoms in total. The summed E-state index contributed by atoms with van der Waals surface area (Å²) in [4.78, 5) is 12.2. The SMILES string of the molecule is Cc1c(C(=O)CCl)cc([C@@H](C)C2CCC2)n1-c1ccc(C#N)cc1. The van der Waals surface area contributed by atoms with Crippen LogP contribution >= 0.6 is 11.6 Å². The number of aromatic nitrogens is 1. The minimum absolute atomic E-state index is 0.00449. The molecule has 1 aliphatic rings. The molecule has 0 aliphatic heterocycles. The third-order valence-corrected chi connectivity index (χ3v) is 5.52. The highest BCUT2D eigenvalue weighted by Crippen LogP contribution is 2.41. The Hall–Kier alpha value is -2.05. The van der Waals surface area contributed by atoms with Crippen LogP contribution < -0.4 is 0 Å². The lowest BCUT2D eigenvalue weighted by atomic mass is 9.75. The molecule has 0 bridgehead atoms. The number of hydrogen-bond donors (Lipinski definition) is 0. The van der Waals surface area contributed by atoms with Gasteiger partial charge >= 0.3 is 0 Å². The monoisotopic (exact) mass is 340 g/mol. The van der Waals surface area contributed by atoms with Gasteiger partial charge in [0.1, 0.15) is 0 Å². The second kappa shape index (κ2) is 6.83. The van der Waals surface area contributed by atoms with E-state index in [1.807, 2.05) is 37.3 Å². The van der Waals surface area contributed by atoms with E-state index in [0.717, 1.165) is 17.1 Å². The molecule has 1 aromatic heterocycles. The summed E-state index contributed by atoms with van der Waals surface area (Å²) >= 11 is 5.79. The zero-order chi connectivity index (χ0) is 17.3. The number of rotatable bonds is 5. The average Bonchev–Trinajstić information content (AvgIpc) is 2.90. The smallest absolute Gasteiger partial charge is 0.179 e. The number of nitrogens with zero attached hydrogens (tertiary/aromatic N) is 2. The van der Waals surface area contributed by atoms with Crippen molar-refractivity contribution < 1.29 is 4.79 Å². The summed E-state index contributed by atoms with van der Waals surface area (Å²) in [5, 5.41) is 9.00. The van der Waals surface area contributed by atoms with Crippen LogP contribution in [0.1, 0.15) is 59.4 Å². The van der Waals surface area contributed by atoms with E-state index in [1.54, 1.807) is 0 Å². The topological polar surface area (TPSA) is 45.8 Å². The lowest BCUT2D eigenvalue weighted by molar-refractivity contribution is 0.102. The number of alkyl halides is 1. The summed E-state index contributed by atoms with van der Waals surface area (Å²) in [5.74, 6) is 1.03. The van der Waals surface area contributed by atoms with Crippen LogP contribution in [0.3, 0.4) is 0 Å². The largest absolute Gasteiger partial charge is 0.317 e. The molecule has 1 saturated carbocycles. The quantitative estimate of drug-likeness (QED) is 0.569. The third-order valence-electron chi connectivity index (χ3n) is 5.28. The van der Waals surface area contributed by atoms with Crippen LogP contribution in [0, 0.1) is 24.2 Å². The van der Waals surface area contributed by atoms with Crippen molar-refractivity contribution in [2.24, 2.45) is 5.92 Å². The first-order valence-corrected chi connectivity index (χ1v) is 8.92. The molecular weight excluding hydrogens is 320 g/mol. The highest BCUT2D eigenvalue weighted by Gasteiger charge is 2.29. The van der Waals surface area contributed by atoms with E-state index in [-0.39, 0.29) is 11.7 Å². The van der Waals surface area contributed by atoms with Crippen molar-refractivity contribution in [1.82, 2.24) is 4.57 Å². The van der Waals surface area contributed by atoms with Gasteiger partial charge < -0.3 is 4.57 Å². The van der Waals surface area contributed by atoms with Crippen LogP contribution in [-0.2, 0) is 0 Å². The van der Waals surface area contributed by atoms with Gasteiger partial charge in [-0.25, -0.2) is 0 Å². The molecule has 0 saturated heterocycles. The Morgan fingerprint density at radius 2 is 2.04 bits per heavy atom. The number of benzene rings is 1. The fourth-order valence-electron chi connectivity index (χ4n) is 3.53. The Labute approximate surface area is 147 Å². The van der Waals surface area contributed by atoms with Crippen molar-refractivity contribution in [3.05, 3.63) is 52.8 Å². The highest BCUT2D eigenvalue weighted by atomic mass is 35.5. The number of ketones is 1. The van der Waals surface area contributed by atoms with Crippen molar-refractivity contribution in [3.8, 4) is 11.8 Å². The Morgan fingerprint density at radius 3 is 2.54 bits per heavy atom. The Morgan fingerprint density at radius 1 is 1.38 bits per heavy atom. The predicted octanol–water partition coefficient (Wildman–Crippen LogP) is 4.98. The zero-order valence-corrected chi connectivity index (χ0v) is 14.8. The molecule has 0 N–H and O–H groups in total. The first kappa shape index (κ1) is 16.8. The molecule has 4 heteroatoms. The minimum Gasteiger partial charge on any atom is -0.317 e. The first-order valence-electron chi connectivity index (χ1n) is 8.38. The van der Waals surface area contributed by atoms with Gasteiger partial charge in [-0.1, -0.05) is 13.3 Å². The molecule has 0 unspecified atom stereocenters. The van der Waals surface area contributed by atoms with Crippen molar-refractivity contribution >= 4 is 17.4 Å². The number of hydrogen-bond acceptors (Lipinski definition) is 2. The van der Waals surface area contributed by atoms with Gasteiger partial charge in [0.25, 0.3) is 0 Å². The Balaban J connectivity index is 2.11.